The normalized spacial score (nSPS) is 21.6. The van der Waals surface area contributed by atoms with Crippen LogP contribution in [0, 0.1) is 23.2 Å². The minimum atomic E-state index is -2.65. The van der Waals surface area contributed by atoms with E-state index in [0.717, 1.165) is 5.56 Å². The van der Waals surface area contributed by atoms with Gasteiger partial charge in [0, 0.05) is 38.0 Å². The molecule has 2 aliphatic rings. The van der Waals surface area contributed by atoms with Gasteiger partial charge in [0.2, 0.25) is 5.91 Å². The van der Waals surface area contributed by atoms with E-state index in [1.807, 2.05) is 56.0 Å². The van der Waals surface area contributed by atoms with Gasteiger partial charge in [0.05, 0.1) is 18.1 Å². The van der Waals surface area contributed by atoms with Gasteiger partial charge in [-0.1, -0.05) is 37.3 Å². The van der Waals surface area contributed by atoms with Gasteiger partial charge < -0.3 is 25.0 Å². The minimum absolute atomic E-state index is 0.0861. The van der Waals surface area contributed by atoms with Gasteiger partial charge in [-0.15, -0.1) is 0 Å². The highest BCUT2D eigenvalue weighted by Crippen LogP contribution is 2.35. The molecule has 0 aliphatic carbocycles. The summed E-state index contributed by atoms with van der Waals surface area (Å²) in [5, 5.41) is 31.8. The van der Waals surface area contributed by atoms with Gasteiger partial charge in [0.25, 0.3) is 5.92 Å². The monoisotopic (exact) mass is 562 g/mol. The number of benzene rings is 1. The van der Waals surface area contributed by atoms with E-state index >= 15 is 0 Å². The van der Waals surface area contributed by atoms with Gasteiger partial charge in [-0.3, -0.25) is 9.69 Å². The van der Waals surface area contributed by atoms with Gasteiger partial charge in [0.1, 0.15) is 12.5 Å². The minimum Gasteiger partial charge on any atom is -0.447 e. The van der Waals surface area contributed by atoms with Crippen molar-refractivity contribution in [2.45, 2.75) is 82.7 Å². The molecule has 3 rings (SSSR count). The Balaban J connectivity index is 1.54. The van der Waals surface area contributed by atoms with Crippen molar-refractivity contribution >= 4 is 19.1 Å². The first-order valence-electron chi connectivity index (χ1n) is 14.0. The number of nitriles is 1. The maximum Gasteiger partial charge on any atom is 0.475 e. The van der Waals surface area contributed by atoms with Crippen molar-refractivity contribution in [1.29, 1.82) is 5.26 Å². The van der Waals surface area contributed by atoms with Crippen molar-refractivity contribution in [3.63, 3.8) is 0 Å². The lowest BCUT2D eigenvalue weighted by Gasteiger charge is -2.44. The second kappa shape index (κ2) is 13.7. The second-order valence-corrected chi connectivity index (χ2v) is 11.7. The number of hydrogen-bond acceptors (Lipinski definition) is 7. The summed E-state index contributed by atoms with van der Waals surface area (Å²) in [6, 6.07) is 10.8. The molecule has 220 valence electrons. The lowest BCUT2D eigenvalue weighted by Crippen LogP contribution is -2.52. The van der Waals surface area contributed by atoms with Crippen molar-refractivity contribution in [2.75, 3.05) is 26.2 Å². The van der Waals surface area contributed by atoms with E-state index in [4.69, 9.17) is 4.74 Å². The molecule has 4 atom stereocenters. The molecule has 0 bridgehead atoms. The second-order valence-electron chi connectivity index (χ2n) is 11.7. The molecule has 0 radical (unpaired) electrons. The zero-order chi connectivity index (χ0) is 29.5. The fraction of sp³-hybridized carbons (Fsp3) is 0.679. The summed E-state index contributed by atoms with van der Waals surface area (Å²) < 4.78 is 32.7. The molecule has 2 heterocycles. The molecule has 1 aromatic rings. The number of piperidine rings is 1. The number of nitrogens with zero attached hydrogens (tertiary/aromatic N) is 3. The predicted molar refractivity (Wildman–Crippen MR) is 146 cm³/mol. The smallest absolute Gasteiger partial charge is 0.447 e. The summed E-state index contributed by atoms with van der Waals surface area (Å²) in [7, 11) is -1.79. The summed E-state index contributed by atoms with van der Waals surface area (Å²) in [5.74, 6) is -5.18. The molecule has 9 nitrogen and oxygen atoms in total. The van der Waals surface area contributed by atoms with Crippen molar-refractivity contribution in [2.24, 2.45) is 11.8 Å². The zero-order valence-electron chi connectivity index (χ0n) is 23.6. The van der Waals surface area contributed by atoms with Crippen LogP contribution in [0.15, 0.2) is 30.3 Å². The predicted octanol–water partition coefficient (Wildman–Crippen LogP) is 3.00. The van der Waals surface area contributed by atoms with Gasteiger partial charge in [-0.25, -0.2) is 13.6 Å². The number of alkyl halides is 2. The Kier molecular flexibility index (Phi) is 10.9. The van der Waals surface area contributed by atoms with E-state index in [-0.39, 0.29) is 50.8 Å². The van der Waals surface area contributed by atoms with Crippen LogP contribution < -0.4 is 5.32 Å². The van der Waals surface area contributed by atoms with E-state index in [1.165, 1.54) is 0 Å². The number of ether oxygens (including phenoxy) is 1. The Bertz CT molecular complexity index is 1030. The highest BCUT2D eigenvalue weighted by atomic mass is 19.3. The van der Waals surface area contributed by atoms with Gasteiger partial charge in [0.15, 0.2) is 0 Å². The number of likely N-dealkylation sites (tertiary alicyclic amines) is 2. The SMILES string of the molecule is CC(CC(C)(C)N1CCC(F)(F)CC1)C(C#N)C(=O)N1CCC[C@@H]1COC(=O)N[C@@H](Cc1ccccc1)B(O)O. The third-order valence-corrected chi connectivity index (χ3v) is 8.18. The molecule has 2 fully saturated rings. The average molecular weight is 562 g/mol. The molecule has 0 spiro atoms. The third-order valence-electron chi connectivity index (χ3n) is 8.18. The Morgan fingerprint density at radius 1 is 1.23 bits per heavy atom. The van der Waals surface area contributed by atoms with Crippen LogP contribution in [0.25, 0.3) is 0 Å². The lowest BCUT2D eigenvalue weighted by molar-refractivity contribution is -0.137. The Morgan fingerprint density at radius 2 is 1.88 bits per heavy atom. The highest BCUT2D eigenvalue weighted by molar-refractivity contribution is 6.43. The molecule has 2 aliphatic heterocycles. The fourth-order valence-electron chi connectivity index (χ4n) is 5.84. The number of carbonyl (C=O) groups excluding carboxylic acids is 2. The van der Waals surface area contributed by atoms with Crippen LogP contribution in [-0.2, 0) is 16.0 Å². The highest BCUT2D eigenvalue weighted by Gasteiger charge is 2.42. The molecule has 12 heteroatoms. The molecule has 0 aromatic heterocycles. The van der Waals surface area contributed by atoms with Crippen LogP contribution in [-0.4, -0.2) is 88.7 Å². The van der Waals surface area contributed by atoms with Crippen molar-refractivity contribution in [3.05, 3.63) is 35.9 Å². The average Bonchev–Trinajstić information content (AvgIpc) is 3.36. The number of amides is 2. The van der Waals surface area contributed by atoms with E-state index in [1.54, 1.807) is 4.90 Å². The molecule has 2 saturated heterocycles. The maximum atomic E-state index is 13.6. The molecule has 2 amide bonds. The number of rotatable bonds is 11. The number of carbonyl (C=O) groups is 2. The first-order valence-corrected chi connectivity index (χ1v) is 14.0. The fourth-order valence-corrected chi connectivity index (χ4v) is 5.84. The third kappa shape index (κ3) is 8.63. The number of nitrogens with one attached hydrogen (secondary N) is 1. The summed E-state index contributed by atoms with van der Waals surface area (Å²) in [5.41, 5.74) is 0.358. The molecule has 2 unspecified atom stereocenters. The molecular formula is C28H41BF2N4O5. The van der Waals surface area contributed by atoms with Crippen molar-refractivity contribution in [1.82, 2.24) is 15.1 Å². The first kappa shape index (κ1) is 31.8. The van der Waals surface area contributed by atoms with Crippen LogP contribution in [0.4, 0.5) is 13.6 Å². The molecular weight excluding hydrogens is 521 g/mol. The first-order chi connectivity index (χ1) is 18.8. The summed E-state index contributed by atoms with van der Waals surface area (Å²) in [6.45, 7) is 6.66. The van der Waals surface area contributed by atoms with Gasteiger partial charge in [-0.2, -0.15) is 5.26 Å². The molecule has 3 N–H and O–H groups in total. The van der Waals surface area contributed by atoms with E-state index < -0.39 is 42.6 Å². The quantitative estimate of drug-likeness (QED) is 0.354. The lowest BCUT2D eigenvalue weighted by atomic mass is 9.76. The summed E-state index contributed by atoms with van der Waals surface area (Å²) in [6.07, 6.45) is 0.776. The number of halogens is 2. The van der Waals surface area contributed by atoms with Crippen molar-refractivity contribution in [3.8, 4) is 6.07 Å². The van der Waals surface area contributed by atoms with Crippen LogP contribution in [0.1, 0.15) is 58.4 Å². The van der Waals surface area contributed by atoms with Crippen molar-refractivity contribution < 1.29 is 33.2 Å². The van der Waals surface area contributed by atoms with Gasteiger partial charge in [-0.05, 0) is 51.0 Å². The molecule has 0 saturated carbocycles. The zero-order valence-corrected chi connectivity index (χ0v) is 23.6. The topological polar surface area (TPSA) is 126 Å². The van der Waals surface area contributed by atoms with E-state index in [0.29, 0.717) is 25.8 Å². The van der Waals surface area contributed by atoms with Crippen LogP contribution in [0.3, 0.4) is 0 Å². The van der Waals surface area contributed by atoms with E-state index in [2.05, 4.69) is 11.4 Å². The molecule has 1 aromatic carbocycles. The largest absolute Gasteiger partial charge is 0.475 e. The Morgan fingerprint density at radius 3 is 2.48 bits per heavy atom. The summed E-state index contributed by atoms with van der Waals surface area (Å²) in [4.78, 5) is 29.5. The molecule has 40 heavy (non-hydrogen) atoms. The van der Waals surface area contributed by atoms with Crippen LogP contribution in [0.5, 0.6) is 0 Å². The van der Waals surface area contributed by atoms with Gasteiger partial charge >= 0.3 is 13.2 Å². The summed E-state index contributed by atoms with van der Waals surface area (Å²) >= 11 is 0. The standard InChI is InChI=1S/C28H41BF2N4O5/c1-20(17-27(2,3)34-14-11-28(30,31)12-15-34)23(18-32)25(36)35-13-7-10-22(35)19-40-26(37)33-24(29(38)39)16-21-8-5-4-6-9-21/h4-6,8-9,20,22-24,38-39H,7,10-17,19H2,1-3H3,(H,33,37)/t20?,22-,23?,24+/m1/s1. The Labute approximate surface area is 235 Å². The number of hydrogen-bond donors (Lipinski definition) is 3. The van der Waals surface area contributed by atoms with Crippen LogP contribution in [0.2, 0.25) is 0 Å². The Hall–Kier alpha value is -2.75. The number of alkyl carbamates (subject to hydrolysis) is 1. The maximum absolute atomic E-state index is 13.6. The van der Waals surface area contributed by atoms with E-state index in [9.17, 15) is 33.7 Å². The van der Waals surface area contributed by atoms with Crippen LogP contribution >= 0.6 is 0 Å².